The third-order valence-electron chi connectivity index (χ3n) is 5.96. The van der Waals surface area contributed by atoms with Crippen LogP contribution in [0.1, 0.15) is 5.56 Å². The number of pyridine rings is 1. The molecular formula is C26H20ClN5O4S. The highest BCUT2D eigenvalue weighted by Crippen LogP contribution is 2.32. The summed E-state index contributed by atoms with van der Waals surface area (Å²) in [5.74, 6) is 0.155. The zero-order valence-corrected chi connectivity index (χ0v) is 20.9. The van der Waals surface area contributed by atoms with Crippen LogP contribution in [0, 0.1) is 0 Å². The molecule has 37 heavy (non-hydrogen) atoms. The second-order valence-electron chi connectivity index (χ2n) is 8.40. The van der Waals surface area contributed by atoms with Gasteiger partial charge in [-0.15, -0.1) is 0 Å². The number of fused-ring (bicyclic) bond motifs is 1. The Morgan fingerprint density at radius 3 is 2.49 bits per heavy atom. The number of benzene rings is 2. The van der Waals surface area contributed by atoms with Gasteiger partial charge >= 0.3 is 6.01 Å². The number of aromatic amines is 1. The number of nitrogens with zero attached hydrogens (tertiary/aromatic N) is 3. The van der Waals surface area contributed by atoms with E-state index in [9.17, 15) is 9.59 Å². The number of thioether (sulfide) groups is 1. The standard InChI is InChI=1S/C26H20ClN5O4S/c27-19-14-20-23(29-22(19)16-3-5-17(6-4-16)32-9-11-35-12-10-32)30-25(28-20)36-18-7-1-15(2-8-18)13-21-24(33)31-26(34)37-21/h1-8,13-14H,9-12H2,(H,28,29,30)(H,31,33,34). The predicted molar refractivity (Wildman–Crippen MR) is 143 cm³/mol. The Morgan fingerprint density at radius 2 is 1.78 bits per heavy atom. The van der Waals surface area contributed by atoms with Crippen LogP contribution in [0.4, 0.5) is 10.5 Å². The minimum atomic E-state index is -0.392. The molecule has 2 amide bonds. The number of anilines is 1. The third-order valence-corrected chi connectivity index (χ3v) is 7.06. The quantitative estimate of drug-likeness (QED) is 0.336. The molecule has 11 heteroatoms. The first-order valence-electron chi connectivity index (χ1n) is 11.5. The molecule has 2 aromatic carbocycles. The Hall–Kier alpha value is -3.86. The van der Waals surface area contributed by atoms with Crippen molar-refractivity contribution in [3.05, 3.63) is 70.1 Å². The summed E-state index contributed by atoms with van der Waals surface area (Å²) in [6, 6.07) is 17.3. The molecule has 0 radical (unpaired) electrons. The van der Waals surface area contributed by atoms with Crippen LogP contribution in [0.15, 0.2) is 59.5 Å². The molecule has 6 rings (SSSR count). The van der Waals surface area contributed by atoms with Crippen molar-refractivity contribution < 1.29 is 19.1 Å². The Labute approximate surface area is 220 Å². The van der Waals surface area contributed by atoms with Gasteiger partial charge in [-0.1, -0.05) is 35.9 Å². The highest BCUT2D eigenvalue weighted by molar-refractivity contribution is 8.18. The molecule has 0 bridgehead atoms. The summed E-state index contributed by atoms with van der Waals surface area (Å²) < 4.78 is 11.3. The topological polar surface area (TPSA) is 109 Å². The summed E-state index contributed by atoms with van der Waals surface area (Å²) in [5.41, 5.74) is 4.59. The molecule has 186 valence electrons. The number of carbonyl (C=O) groups is 2. The van der Waals surface area contributed by atoms with Gasteiger partial charge in [-0.2, -0.15) is 4.98 Å². The molecule has 2 aliphatic heterocycles. The van der Waals surface area contributed by atoms with E-state index in [0.29, 0.717) is 32.5 Å². The number of nitrogens with one attached hydrogen (secondary N) is 2. The maximum Gasteiger partial charge on any atom is 0.301 e. The van der Waals surface area contributed by atoms with Gasteiger partial charge in [0.15, 0.2) is 5.65 Å². The van der Waals surface area contributed by atoms with Gasteiger partial charge in [0.2, 0.25) is 0 Å². The van der Waals surface area contributed by atoms with Crippen LogP contribution in [0.2, 0.25) is 5.02 Å². The summed E-state index contributed by atoms with van der Waals surface area (Å²) in [6.45, 7) is 3.21. The third kappa shape index (κ3) is 5.04. The number of halogens is 1. The second kappa shape index (κ2) is 9.89. The Morgan fingerprint density at radius 1 is 1.03 bits per heavy atom. The fraction of sp³-hybridized carbons (Fsp3) is 0.154. The van der Waals surface area contributed by atoms with E-state index in [1.807, 2.05) is 12.1 Å². The summed E-state index contributed by atoms with van der Waals surface area (Å²) in [5, 5.41) is 2.37. The number of hydrogen-bond acceptors (Lipinski definition) is 8. The van der Waals surface area contributed by atoms with Crippen LogP contribution in [-0.2, 0) is 9.53 Å². The van der Waals surface area contributed by atoms with Gasteiger partial charge in [0, 0.05) is 24.3 Å². The fourth-order valence-electron chi connectivity index (χ4n) is 4.11. The normalized spacial score (nSPS) is 17.0. The average Bonchev–Trinajstić information content (AvgIpc) is 3.45. The minimum absolute atomic E-state index is 0.279. The van der Waals surface area contributed by atoms with Crippen molar-refractivity contribution in [2.75, 3.05) is 31.2 Å². The van der Waals surface area contributed by atoms with E-state index in [-0.39, 0.29) is 11.2 Å². The predicted octanol–water partition coefficient (Wildman–Crippen LogP) is 5.23. The van der Waals surface area contributed by atoms with E-state index in [1.54, 1.807) is 36.4 Å². The SMILES string of the molecule is O=C1NC(=O)C(=Cc2ccc(Oc3nc4nc(-c5ccc(N6CCOCC6)cc5)c(Cl)cc4[nH]3)cc2)S1. The molecule has 0 atom stereocenters. The molecule has 4 heterocycles. The lowest BCUT2D eigenvalue weighted by atomic mass is 10.1. The average molecular weight is 534 g/mol. The van der Waals surface area contributed by atoms with Crippen molar-refractivity contribution in [3.63, 3.8) is 0 Å². The van der Waals surface area contributed by atoms with Gasteiger partial charge in [0.1, 0.15) is 5.75 Å². The smallest absolute Gasteiger partial charge is 0.301 e. The lowest BCUT2D eigenvalue weighted by Gasteiger charge is -2.28. The molecule has 4 aromatic rings. The summed E-state index contributed by atoms with van der Waals surface area (Å²) >= 11 is 7.44. The lowest BCUT2D eigenvalue weighted by molar-refractivity contribution is -0.115. The summed E-state index contributed by atoms with van der Waals surface area (Å²) in [7, 11) is 0. The first-order valence-corrected chi connectivity index (χ1v) is 12.7. The van der Waals surface area contributed by atoms with Crippen molar-refractivity contribution in [3.8, 4) is 23.0 Å². The molecule has 0 unspecified atom stereocenters. The van der Waals surface area contributed by atoms with E-state index in [4.69, 9.17) is 21.1 Å². The van der Waals surface area contributed by atoms with E-state index < -0.39 is 5.91 Å². The highest BCUT2D eigenvalue weighted by Gasteiger charge is 2.24. The molecular weight excluding hydrogens is 514 g/mol. The van der Waals surface area contributed by atoms with Gasteiger partial charge in [0.25, 0.3) is 11.1 Å². The summed E-state index contributed by atoms with van der Waals surface area (Å²) in [4.78, 5) is 37.9. The zero-order chi connectivity index (χ0) is 25.4. The number of carbonyl (C=O) groups excluding carboxylic acids is 2. The van der Waals surface area contributed by atoms with Crippen LogP contribution >= 0.6 is 23.4 Å². The lowest BCUT2D eigenvalue weighted by Crippen LogP contribution is -2.36. The van der Waals surface area contributed by atoms with Gasteiger partial charge in [-0.05, 0) is 53.7 Å². The van der Waals surface area contributed by atoms with Crippen LogP contribution in [0.25, 0.3) is 28.5 Å². The van der Waals surface area contributed by atoms with E-state index in [1.165, 1.54) is 0 Å². The largest absolute Gasteiger partial charge is 0.426 e. The molecule has 2 fully saturated rings. The van der Waals surface area contributed by atoms with Crippen LogP contribution < -0.4 is 15.0 Å². The van der Waals surface area contributed by atoms with Crippen molar-refractivity contribution >= 4 is 57.4 Å². The van der Waals surface area contributed by atoms with E-state index >= 15 is 0 Å². The van der Waals surface area contributed by atoms with Crippen molar-refractivity contribution in [2.24, 2.45) is 0 Å². The first-order chi connectivity index (χ1) is 18.0. The summed E-state index contributed by atoms with van der Waals surface area (Å²) in [6.07, 6.45) is 1.65. The number of hydrogen-bond donors (Lipinski definition) is 2. The highest BCUT2D eigenvalue weighted by atomic mass is 35.5. The minimum Gasteiger partial charge on any atom is -0.426 e. The Balaban J connectivity index is 1.19. The van der Waals surface area contributed by atoms with Crippen molar-refractivity contribution in [2.45, 2.75) is 0 Å². The fourth-order valence-corrected chi connectivity index (χ4v) is 5.06. The number of amides is 2. The number of H-pyrrole nitrogens is 1. The van der Waals surface area contributed by atoms with Gasteiger partial charge in [-0.3, -0.25) is 14.9 Å². The number of imidazole rings is 1. The van der Waals surface area contributed by atoms with Gasteiger partial charge < -0.3 is 19.4 Å². The molecule has 9 nitrogen and oxygen atoms in total. The van der Waals surface area contributed by atoms with Crippen LogP contribution in [0.5, 0.6) is 11.8 Å². The number of ether oxygens (including phenoxy) is 2. The molecule has 0 aliphatic carbocycles. The Kier molecular flexibility index (Phi) is 6.29. The number of imide groups is 1. The van der Waals surface area contributed by atoms with Crippen LogP contribution in [-0.4, -0.2) is 52.4 Å². The number of rotatable bonds is 5. The monoisotopic (exact) mass is 533 g/mol. The Bertz CT molecular complexity index is 1530. The molecule has 2 N–H and O–H groups in total. The molecule has 2 aromatic heterocycles. The number of morpholine rings is 1. The van der Waals surface area contributed by atoms with E-state index in [0.717, 1.165) is 54.9 Å². The molecule has 0 spiro atoms. The first kappa shape index (κ1) is 23.5. The maximum absolute atomic E-state index is 11.7. The molecule has 2 aliphatic rings. The van der Waals surface area contributed by atoms with Crippen molar-refractivity contribution in [1.29, 1.82) is 0 Å². The zero-order valence-electron chi connectivity index (χ0n) is 19.4. The molecule has 0 saturated carbocycles. The van der Waals surface area contributed by atoms with Gasteiger partial charge in [0.05, 0.1) is 34.4 Å². The van der Waals surface area contributed by atoms with Crippen LogP contribution in [0.3, 0.4) is 0 Å². The van der Waals surface area contributed by atoms with Crippen molar-refractivity contribution in [1.82, 2.24) is 20.3 Å². The number of aromatic nitrogens is 3. The maximum atomic E-state index is 11.7. The molecule has 2 saturated heterocycles. The van der Waals surface area contributed by atoms with E-state index in [2.05, 4.69) is 37.3 Å². The van der Waals surface area contributed by atoms with Gasteiger partial charge in [-0.25, -0.2) is 4.98 Å². The second-order valence-corrected chi connectivity index (χ2v) is 9.82.